The molecule has 0 aromatic heterocycles. The van der Waals surface area contributed by atoms with Crippen LogP contribution >= 0.6 is 0 Å². The number of methoxy groups -OCH3 is 1. The van der Waals surface area contributed by atoms with Crippen LogP contribution in [0.15, 0.2) is 0 Å². The zero-order valence-corrected chi connectivity index (χ0v) is 12.9. The Kier molecular flexibility index (Phi) is 8.06. The molecule has 0 aliphatic rings. The van der Waals surface area contributed by atoms with Gasteiger partial charge < -0.3 is 10.1 Å². The smallest absolute Gasteiger partial charge is 0.0623 e. The summed E-state index contributed by atoms with van der Waals surface area (Å²) in [4.78, 5) is 0. The summed E-state index contributed by atoms with van der Waals surface area (Å²) in [6.45, 7) is 13.5. The Morgan fingerprint density at radius 2 is 1.59 bits per heavy atom. The van der Waals surface area contributed by atoms with Gasteiger partial charge in [0.15, 0.2) is 0 Å². The lowest BCUT2D eigenvalue weighted by molar-refractivity contribution is 0.00389. The van der Waals surface area contributed by atoms with Crippen LogP contribution < -0.4 is 5.32 Å². The van der Waals surface area contributed by atoms with Crippen molar-refractivity contribution >= 4 is 0 Å². The molecule has 2 nitrogen and oxygen atoms in total. The van der Waals surface area contributed by atoms with E-state index in [-0.39, 0.29) is 5.60 Å². The molecule has 0 saturated heterocycles. The molecular weight excluding hydrogens is 210 g/mol. The summed E-state index contributed by atoms with van der Waals surface area (Å²) in [6.07, 6.45) is 6.14. The van der Waals surface area contributed by atoms with Gasteiger partial charge in [-0.3, -0.25) is 0 Å². The highest BCUT2D eigenvalue weighted by Crippen LogP contribution is 2.32. The highest BCUT2D eigenvalue weighted by Gasteiger charge is 2.26. The van der Waals surface area contributed by atoms with Crippen molar-refractivity contribution in [2.75, 3.05) is 20.2 Å². The second-order valence-electron chi connectivity index (χ2n) is 6.20. The Morgan fingerprint density at radius 1 is 0.941 bits per heavy atom. The Labute approximate surface area is 109 Å². The zero-order chi connectivity index (χ0) is 13.4. The summed E-state index contributed by atoms with van der Waals surface area (Å²) in [6, 6.07) is 0. The third-order valence-corrected chi connectivity index (χ3v) is 3.72. The molecule has 0 fully saturated rings. The van der Waals surface area contributed by atoms with E-state index in [0.29, 0.717) is 5.41 Å². The minimum atomic E-state index is 0.0136. The summed E-state index contributed by atoms with van der Waals surface area (Å²) in [7, 11) is 1.81. The van der Waals surface area contributed by atoms with E-state index in [2.05, 4.69) is 39.9 Å². The zero-order valence-electron chi connectivity index (χ0n) is 12.9. The predicted octanol–water partition coefficient (Wildman–Crippen LogP) is 4.00. The first-order valence-corrected chi connectivity index (χ1v) is 7.15. The van der Waals surface area contributed by atoms with Gasteiger partial charge in [0, 0.05) is 13.7 Å². The van der Waals surface area contributed by atoms with Crippen LogP contribution in [0.4, 0.5) is 0 Å². The molecule has 0 saturated carbocycles. The van der Waals surface area contributed by atoms with Crippen LogP contribution in [-0.4, -0.2) is 25.8 Å². The summed E-state index contributed by atoms with van der Waals surface area (Å²) in [5, 5.41) is 3.57. The molecule has 2 heteroatoms. The molecule has 17 heavy (non-hydrogen) atoms. The van der Waals surface area contributed by atoms with E-state index < -0.39 is 0 Å². The molecule has 0 aromatic carbocycles. The molecule has 0 heterocycles. The van der Waals surface area contributed by atoms with Gasteiger partial charge in [0.05, 0.1) is 5.60 Å². The molecular formula is C15H33NO. The van der Waals surface area contributed by atoms with Gasteiger partial charge >= 0.3 is 0 Å². The lowest BCUT2D eigenvalue weighted by Crippen LogP contribution is -2.35. The number of rotatable bonds is 10. The Morgan fingerprint density at radius 3 is 2.06 bits per heavy atom. The average molecular weight is 243 g/mol. The maximum absolute atomic E-state index is 5.52. The second kappa shape index (κ2) is 8.10. The largest absolute Gasteiger partial charge is 0.379 e. The molecule has 0 spiro atoms. The van der Waals surface area contributed by atoms with Crippen LogP contribution in [0.2, 0.25) is 0 Å². The first-order chi connectivity index (χ1) is 7.89. The maximum atomic E-state index is 5.52. The van der Waals surface area contributed by atoms with Crippen molar-refractivity contribution < 1.29 is 4.74 Å². The highest BCUT2D eigenvalue weighted by molar-refractivity contribution is 4.80. The second-order valence-corrected chi connectivity index (χ2v) is 6.20. The van der Waals surface area contributed by atoms with Crippen molar-refractivity contribution in [3.8, 4) is 0 Å². The molecule has 0 aliphatic heterocycles. The number of ether oxygens (including phenoxy) is 1. The Balaban J connectivity index is 4.19. The molecule has 104 valence electrons. The van der Waals surface area contributed by atoms with Crippen molar-refractivity contribution in [3.05, 3.63) is 0 Å². The fourth-order valence-electron chi connectivity index (χ4n) is 2.18. The summed E-state index contributed by atoms with van der Waals surface area (Å²) in [5.41, 5.74) is 0.430. The average Bonchev–Trinajstić information content (AvgIpc) is 2.28. The lowest BCUT2D eigenvalue weighted by atomic mass is 9.78. The maximum Gasteiger partial charge on any atom is 0.0623 e. The van der Waals surface area contributed by atoms with Crippen molar-refractivity contribution in [1.82, 2.24) is 5.32 Å². The molecule has 0 rings (SSSR count). The van der Waals surface area contributed by atoms with Gasteiger partial charge in [0.2, 0.25) is 0 Å². The van der Waals surface area contributed by atoms with Crippen molar-refractivity contribution in [2.45, 2.75) is 72.3 Å². The number of nitrogens with one attached hydrogen (secondary N) is 1. The fraction of sp³-hybridized carbons (Fsp3) is 1.00. The van der Waals surface area contributed by atoms with Gasteiger partial charge in [-0.1, -0.05) is 27.2 Å². The van der Waals surface area contributed by atoms with Crippen molar-refractivity contribution in [1.29, 1.82) is 0 Å². The first-order valence-electron chi connectivity index (χ1n) is 7.15. The van der Waals surface area contributed by atoms with Gasteiger partial charge in [-0.25, -0.2) is 0 Å². The number of hydrogen-bond acceptors (Lipinski definition) is 2. The standard InChI is InChI=1S/C15H33NO/c1-7-9-15(5,13-16-12-8-2)11-10-14(3,4)17-6/h16H,7-13H2,1-6H3. The molecule has 1 N–H and O–H groups in total. The summed E-state index contributed by atoms with van der Waals surface area (Å²) < 4.78 is 5.52. The lowest BCUT2D eigenvalue weighted by Gasteiger charge is -2.33. The van der Waals surface area contributed by atoms with E-state index in [9.17, 15) is 0 Å². The van der Waals surface area contributed by atoms with Crippen LogP contribution in [0, 0.1) is 5.41 Å². The molecule has 0 radical (unpaired) electrons. The van der Waals surface area contributed by atoms with Crippen molar-refractivity contribution in [3.63, 3.8) is 0 Å². The molecule has 0 bridgehead atoms. The van der Waals surface area contributed by atoms with Crippen LogP contribution in [0.25, 0.3) is 0 Å². The van der Waals surface area contributed by atoms with E-state index in [0.717, 1.165) is 19.5 Å². The van der Waals surface area contributed by atoms with Crippen LogP contribution in [0.3, 0.4) is 0 Å². The first kappa shape index (κ1) is 16.9. The van der Waals surface area contributed by atoms with Crippen molar-refractivity contribution in [2.24, 2.45) is 5.41 Å². The minimum Gasteiger partial charge on any atom is -0.379 e. The minimum absolute atomic E-state index is 0.0136. The third kappa shape index (κ3) is 7.77. The van der Waals surface area contributed by atoms with E-state index in [1.165, 1.54) is 25.7 Å². The monoisotopic (exact) mass is 243 g/mol. The quantitative estimate of drug-likeness (QED) is 0.586. The molecule has 1 atom stereocenters. The Hall–Kier alpha value is -0.0800. The topological polar surface area (TPSA) is 21.3 Å². The molecule has 0 amide bonds. The third-order valence-electron chi connectivity index (χ3n) is 3.72. The highest BCUT2D eigenvalue weighted by atomic mass is 16.5. The normalized spacial score (nSPS) is 15.9. The van der Waals surface area contributed by atoms with Gasteiger partial charge in [0.1, 0.15) is 0 Å². The SMILES string of the molecule is CCCNCC(C)(CCC)CCC(C)(C)OC. The van der Waals surface area contributed by atoms with Crippen LogP contribution in [-0.2, 0) is 4.74 Å². The van der Waals surface area contributed by atoms with E-state index >= 15 is 0 Å². The van der Waals surface area contributed by atoms with Crippen LogP contribution in [0.1, 0.15) is 66.7 Å². The number of hydrogen-bond donors (Lipinski definition) is 1. The fourth-order valence-corrected chi connectivity index (χ4v) is 2.18. The van der Waals surface area contributed by atoms with E-state index in [1.807, 2.05) is 7.11 Å². The molecule has 0 aromatic rings. The Bertz CT molecular complexity index is 191. The molecule has 0 aliphatic carbocycles. The van der Waals surface area contributed by atoms with Gasteiger partial charge in [-0.15, -0.1) is 0 Å². The summed E-state index contributed by atoms with van der Waals surface area (Å²) >= 11 is 0. The predicted molar refractivity (Wildman–Crippen MR) is 76.5 cm³/mol. The van der Waals surface area contributed by atoms with E-state index in [1.54, 1.807) is 0 Å². The van der Waals surface area contributed by atoms with E-state index in [4.69, 9.17) is 4.74 Å². The van der Waals surface area contributed by atoms with Crippen LogP contribution in [0.5, 0.6) is 0 Å². The van der Waals surface area contributed by atoms with Gasteiger partial charge in [-0.2, -0.15) is 0 Å². The summed E-state index contributed by atoms with van der Waals surface area (Å²) in [5.74, 6) is 0. The van der Waals surface area contributed by atoms with Gasteiger partial charge in [-0.05, 0) is 51.5 Å². The molecule has 1 unspecified atom stereocenters. The van der Waals surface area contributed by atoms with Gasteiger partial charge in [0.25, 0.3) is 0 Å².